The summed E-state index contributed by atoms with van der Waals surface area (Å²) in [5, 5.41) is 5.74. The molecule has 2 aromatic rings. The number of piperidine rings is 1. The number of amides is 1. The smallest absolute Gasteiger partial charge is 0.352 e. The highest BCUT2D eigenvalue weighted by Gasteiger charge is 2.36. The third-order valence-electron chi connectivity index (χ3n) is 6.59. The van der Waals surface area contributed by atoms with E-state index >= 15 is 0 Å². The van der Waals surface area contributed by atoms with Crippen molar-refractivity contribution in [3.63, 3.8) is 0 Å². The lowest BCUT2D eigenvalue weighted by atomic mass is 9.97. The molecule has 2 fully saturated rings. The lowest BCUT2D eigenvalue weighted by Gasteiger charge is -2.38. The molecule has 0 aliphatic carbocycles. The van der Waals surface area contributed by atoms with Crippen LogP contribution >= 0.6 is 0 Å². The van der Waals surface area contributed by atoms with E-state index in [9.17, 15) is 35.9 Å². The van der Waals surface area contributed by atoms with Crippen molar-refractivity contribution in [2.24, 2.45) is 0 Å². The van der Waals surface area contributed by atoms with E-state index in [1.807, 2.05) is 5.10 Å². The largest absolute Gasteiger partial charge is 0.421 e. The van der Waals surface area contributed by atoms with E-state index in [2.05, 4.69) is 15.1 Å². The fraction of sp³-hybridized carbons (Fsp3) is 0.591. The molecule has 0 bridgehead atoms. The Morgan fingerprint density at radius 2 is 1.65 bits per heavy atom. The van der Waals surface area contributed by atoms with Crippen LogP contribution in [0.15, 0.2) is 23.3 Å². The third kappa shape index (κ3) is 6.31. The van der Waals surface area contributed by atoms with Crippen molar-refractivity contribution in [3.05, 3.63) is 39.9 Å². The van der Waals surface area contributed by atoms with Gasteiger partial charge in [0, 0.05) is 63.6 Å². The highest BCUT2D eigenvalue weighted by atomic mass is 19.4. The summed E-state index contributed by atoms with van der Waals surface area (Å²) in [5.41, 5.74) is -3.55. The summed E-state index contributed by atoms with van der Waals surface area (Å²) < 4.78 is 77.7. The van der Waals surface area contributed by atoms with Gasteiger partial charge in [0.25, 0.3) is 5.56 Å². The van der Waals surface area contributed by atoms with Gasteiger partial charge in [0.05, 0.1) is 5.56 Å². The van der Waals surface area contributed by atoms with Gasteiger partial charge in [-0.1, -0.05) is 0 Å². The van der Waals surface area contributed by atoms with E-state index in [0.717, 1.165) is 31.3 Å². The van der Waals surface area contributed by atoms with E-state index in [0.29, 0.717) is 45.6 Å². The standard InChI is InChI=1S/C22H25F6N7O2/c23-21(24,25)14-12-29-20(30-13-14)34-9-7-33(8-10-34)18(36)5-4-15-3-1-2-6-35(15)17-11-16(22(26,27)28)19(37)32-31-17/h11-13,15H,1-10H2,(H,32,37). The Labute approximate surface area is 207 Å². The predicted molar refractivity (Wildman–Crippen MR) is 120 cm³/mol. The second kappa shape index (κ2) is 10.5. The van der Waals surface area contributed by atoms with Crippen LogP contribution < -0.4 is 15.4 Å². The molecule has 37 heavy (non-hydrogen) atoms. The topological polar surface area (TPSA) is 98.3 Å². The Morgan fingerprint density at radius 1 is 0.973 bits per heavy atom. The Bertz CT molecular complexity index is 1140. The lowest BCUT2D eigenvalue weighted by molar-refractivity contribution is -0.139. The number of piperazine rings is 1. The molecule has 1 unspecified atom stereocenters. The average molecular weight is 533 g/mol. The van der Waals surface area contributed by atoms with Gasteiger partial charge >= 0.3 is 12.4 Å². The van der Waals surface area contributed by atoms with E-state index in [1.165, 1.54) is 0 Å². The third-order valence-corrected chi connectivity index (χ3v) is 6.59. The minimum absolute atomic E-state index is 0.0224. The normalized spacial score (nSPS) is 19.3. The molecule has 2 saturated heterocycles. The zero-order chi connectivity index (χ0) is 26.8. The first-order chi connectivity index (χ1) is 17.4. The summed E-state index contributed by atoms with van der Waals surface area (Å²) >= 11 is 0. The Kier molecular flexibility index (Phi) is 7.59. The molecule has 1 atom stereocenters. The minimum Gasteiger partial charge on any atom is -0.352 e. The van der Waals surface area contributed by atoms with Gasteiger partial charge in [0.2, 0.25) is 11.9 Å². The molecule has 9 nitrogen and oxygen atoms in total. The molecule has 0 radical (unpaired) electrons. The van der Waals surface area contributed by atoms with Crippen LogP contribution in [0.2, 0.25) is 0 Å². The molecule has 15 heteroatoms. The average Bonchev–Trinajstić information content (AvgIpc) is 2.87. The molecule has 4 rings (SSSR count). The lowest BCUT2D eigenvalue weighted by Crippen LogP contribution is -2.49. The monoisotopic (exact) mass is 533 g/mol. The fourth-order valence-electron chi connectivity index (χ4n) is 4.59. The number of carbonyl (C=O) groups excluding carboxylic acids is 1. The summed E-state index contributed by atoms with van der Waals surface area (Å²) in [7, 11) is 0. The molecule has 0 saturated carbocycles. The molecule has 0 aromatic carbocycles. The van der Waals surface area contributed by atoms with Crippen LogP contribution in [-0.2, 0) is 17.1 Å². The number of aromatic amines is 1. The first-order valence-electron chi connectivity index (χ1n) is 11.8. The van der Waals surface area contributed by atoms with Crippen LogP contribution in [0, 0.1) is 0 Å². The highest BCUT2D eigenvalue weighted by Crippen LogP contribution is 2.31. The summed E-state index contributed by atoms with van der Waals surface area (Å²) in [4.78, 5) is 37.0. The van der Waals surface area contributed by atoms with Gasteiger partial charge in [-0.15, -0.1) is 0 Å². The number of H-pyrrole nitrogens is 1. The number of rotatable bonds is 5. The zero-order valence-electron chi connectivity index (χ0n) is 19.6. The van der Waals surface area contributed by atoms with Gasteiger partial charge in [-0.25, -0.2) is 15.1 Å². The van der Waals surface area contributed by atoms with Crippen molar-refractivity contribution >= 4 is 17.7 Å². The number of halogens is 6. The quantitative estimate of drug-likeness (QED) is 0.590. The number of aromatic nitrogens is 4. The van der Waals surface area contributed by atoms with Crippen molar-refractivity contribution in [3.8, 4) is 0 Å². The maximum atomic E-state index is 13.2. The molecule has 202 valence electrons. The van der Waals surface area contributed by atoms with Gasteiger partial charge in [-0.05, 0) is 25.7 Å². The number of alkyl halides is 6. The Hall–Kier alpha value is -3.39. The maximum absolute atomic E-state index is 13.2. The van der Waals surface area contributed by atoms with Gasteiger partial charge in [0.1, 0.15) is 11.4 Å². The van der Waals surface area contributed by atoms with Gasteiger partial charge in [-0.3, -0.25) is 9.59 Å². The first kappa shape index (κ1) is 26.7. The molecule has 2 aromatic heterocycles. The van der Waals surface area contributed by atoms with Gasteiger partial charge in [0.15, 0.2) is 0 Å². The van der Waals surface area contributed by atoms with Crippen molar-refractivity contribution in [1.29, 1.82) is 0 Å². The Morgan fingerprint density at radius 3 is 2.27 bits per heavy atom. The van der Waals surface area contributed by atoms with E-state index in [1.54, 1.807) is 14.7 Å². The first-order valence-corrected chi connectivity index (χ1v) is 11.8. The summed E-state index contributed by atoms with van der Waals surface area (Å²) in [6, 6.07) is 0.542. The van der Waals surface area contributed by atoms with Crippen molar-refractivity contribution in [2.75, 3.05) is 42.5 Å². The molecule has 0 spiro atoms. The van der Waals surface area contributed by atoms with Crippen LogP contribution in [0.3, 0.4) is 0 Å². The minimum atomic E-state index is -4.81. The molecule has 1 amide bonds. The second-order valence-corrected chi connectivity index (χ2v) is 8.99. The second-order valence-electron chi connectivity index (χ2n) is 8.99. The number of nitrogens with zero attached hydrogens (tertiary/aromatic N) is 6. The number of hydrogen-bond donors (Lipinski definition) is 1. The SMILES string of the molecule is O=C(CCC1CCCCN1c1cc(C(F)(F)F)c(=O)[nH]n1)N1CCN(c2ncc(C(F)(F)F)cn2)CC1. The molecule has 2 aliphatic heterocycles. The van der Waals surface area contributed by atoms with Crippen LogP contribution in [0.1, 0.15) is 43.2 Å². The van der Waals surface area contributed by atoms with Crippen molar-refractivity contribution in [2.45, 2.75) is 50.5 Å². The molecular formula is C22H25F6N7O2. The van der Waals surface area contributed by atoms with E-state index in [-0.39, 0.29) is 30.1 Å². The van der Waals surface area contributed by atoms with Gasteiger partial charge in [-0.2, -0.15) is 31.4 Å². The van der Waals surface area contributed by atoms with Crippen LogP contribution in [0.5, 0.6) is 0 Å². The van der Waals surface area contributed by atoms with Gasteiger partial charge < -0.3 is 14.7 Å². The number of nitrogens with one attached hydrogen (secondary N) is 1. The van der Waals surface area contributed by atoms with Crippen molar-refractivity contribution < 1.29 is 31.1 Å². The highest BCUT2D eigenvalue weighted by molar-refractivity contribution is 5.76. The molecule has 2 aliphatic rings. The molecule has 1 N–H and O–H groups in total. The summed E-state index contributed by atoms with van der Waals surface area (Å²) in [6.07, 6.45) is -5.01. The van der Waals surface area contributed by atoms with E-state index < -0.39 is 29.0 Å². The van der Waals surface area contributed by atoms with Crippen LogP contribution in [0.4, 0.5) is 38.1 Å². The fourth-order valence-corrected chi connectivity index (χ4v) is 4.59. The van der Waals surface area contributed by atoms with Crippen molar-refractivity contribution in [1.82, 2.24) is 25.1 Å². The predicted octanol–water partition coefficient (Wildman–Crippen LogP) is 3.09. The number of anilines is 2. The zero-order valence-corrected chi connectivity index (χ0v) is 19.6. The van der Waals surface area contributed by atoms with Crippen LogP contribution in [-0.4, -0.2) is 69.7 Å². The van der Waals surface area contributed by atoms with Crippen LogP contribution in [0.25, 0.3) is 0 Å². The van der Waals surface area contributed by atoms with E-state index in [4.69, 9.17) is 0 Å². The number of hydrogen-bond acceptors (Lipinski definition) is 7. The molecular weight excluding hydrogens is 508 g/mol. The molecule has 4 heterocycles. The summed E-state index contributed by atoms with van der Waals surface area (Å²) in [5.74, 6) is 0.0581. The summed E-state index contributed by atoms with van der Waals surface area (Å²) in [6.45, 7) is 1.85. The Balaban J connectivity index is 1.33. The number of carbonyl (C=O) groups is 1. The maximum Gasteiger partial charge on any atom is 0.421 e.